The molecule has 1 heterocycles. The zero-order chi connectivity index (χ0) is 21.8. The molecule has 0 aliphatic carbocycles. The highest BCUT2D eigenvalue weighted by Gasteiger charge is 2.14. The first-order valence-corrected chi connectivity index (χ1v) is 9.77. The maximum absolute atomic E-state index is 12.5. The Morgan fingerprint density at radius 3 is 2.55 bits per heavy atom. The number of amides is 1. The molecule has 0 spiro atoms. The Morgan fingerprint density at radius 1 is 1.03 bits per heavy atom. The number of nitrogens with one attached hydrogen (secondary N) is 2. The quantitative estimate of drug-likeness (QED) is 0.440. The Morgan fingerprint density at radius 2 is 1.84 bits per heavy atom. The summed E-state index contributed by atoms with van der Waals surface area (Å²) in [4.78, 5) is 21.7. The summed E-state index contributed by atoms with van der Waals surface area (Å²) in [6.07, 6.45) is 0. The zero-order valence-electron chi connectivity index (χ0n) is 17.2. The molecule has 0 saturated carbocycles. The fourth-order valence-corrected chi connectivity index (χ4v) is 3.38. The lowest BCUT2D eigenvalue weighted by Crippen LogP contribution is -2.11. The van der Waals surface area contributed by atoms with Crippen LogP contribution in [0.4, 0.5) is 11.6 Å². The van der Waals surface area contributed by atoms with Crippen LogP contribution < -0.4 is 15.4 Å². The first-order chi connectivity index (χ1) is 15.1. The minimum Gasteiger partial charge on any atom is -0.496 e. The third kappa shape index (κ3) is 4.17. The van der Waals surface area contributed by atoms with Gasteiger partial charge in [-0.1, -0.05) is 30.3 Å². The molecule has 0 saturated heterocycles. The number of aliphatic hydroxyl groups is 1. The summed E-state index contributed by atoms with van der Waals surface area (Å²) in [5.74, 6) is 0.833. The van der Waals surface area contributed by atoms with Crippen LogP contribution in [-0.4, -0.2) is 35.1 Å². The van der Waals surface area contributed by atoms with Gasteiger partial charge in [0.15, 0.2) is 0 Å². The summed E-state index contributed by atoms with van der Waals surface area (Å²) >= 11 is 0. The number of hydrogen-bond donors (Lipinski definition) is 3. The third-order valence-corrected chi connectivity index (χ3v) is 4.92. The SMILES string of the molecule is CNc1nc(-c2cccc(NC(=O)c3ccccc3)c2)c2cc(CO)c(OC)cc2n1. The second kappa shape index (κ2) is 8.81. The number of hydrogen-bond acceptors (Lipinski definition) is 6. The molecular weight excluding hydrogens is 392 g/mol. The number of aromatic nitrogens is 2. The van der Waals surface area contributed by atoms with Crippen LogP contribution in [0.5, 0.6) is 5.75 Å². The smallest absolute Gasteiger partial charge is 0.255 e. The van der Waals surface area contributed by atoms with Gasteiger partial charge in [0.05, 0.1) is 24.9 Å². The number of rotatable bonds is 6. The highest BCUT2D eigenvalue weighted by atomic mass is 16.5. The van der Waals surface area contributed by atoms with Gasteiger partial charge in [-0.2, -0.15) is 0 Å². The highest BCUT2D eigenvalue weighted by Crippen LogP contribution is 2.33. The van der Waals surface area contributed by atoms with Crippen LogP contribution in [-0.2, 0) is 6.61 Å². The van der Waals surface area contributed by atoms with Crippen molar-refractivity contribution in [2.75, 3.05) is 24.8 Å². The van der Waals surface area contributed by atoms with E-state index in [1.165, 1.54) is 0 Å². The van der Waals surface area contributed by atoms with E-state index in [0.29, 0.717) is 39.7 Å². The predicted octanol–water partition coefficient (Wildman–Crippen LogP) is 4.09. The molecule has 4 rings (SSSR count). The number of methoxy groups -OCH3 is 1. The van der Waals surface area contributed by atoms with Crippen molar-refractivity contribution < 1.29 is 14.6 Å². The number of nitrogens with zero attached hydrogens (tertiary/aromatic N) is 2. The highest BCUT2D eigenvalue weighted by molar-refractivity contribution is 6.04. The molecule has 0 aliphatic rings. The molecular formula is C24H22N4O3. The Kier molecular flexibility index (Phi) is 5.77. The molecule has 4 aromatic rings. The molecule has 156 valence electrons. The normalized spacial score (nSPS) is 10.7. The van der Waals surface area contributed by atoms with E-state index >= 15 is 0 Å². The lowest BCUT2D eigenvalue weighted by molar-refractivity contribution is 0.102. The second-order valence-corrected chi connectivity index (χ2v) is 6.89. The third-order valence-electron chi connectivity index (χ3n) is 4.92. The van der Waals surface area contributed by atoms with Gasteiger partial charge < -0.3 is 20.5 Å². The van der Waals surface area contributed by atoms with Gasteiger partial charge in [-0.3, -0.25) is 4.79 Å². The molecule has 0 aliphatic heterocycles. The van der Waals surface area contributed by atoms with Crippen molar-refractivity contribution in [2.24, 2.45) is 0 Å². The summed E-state index contributed by atoms with van der Waals surface area (Å²) in [5.41, 5.74) is 4.05. The lowest BCUT2D eigenvalue weighted by atomic mass is 10.0. The van der Waals surface area contributed by atoms with Crippen LogP contribution in [0, 0.1) is 0 Å². The summed E-state index contributed by atoms with van der Waals surface area (Å²) < 4.78 is 5.38. The molecule has 0 atom stereocenters. The van der Waals surface area contributed by atoms with E-state index in [9.17, 15) is 9.90 Å². The monoisotopic (exact) mass is 414 g/mol. The van der Waals surface area contributed by atoms with Crippen LogP contribution in [0.25, 0.3) is 22.2 Å². The molecule has 0 unspecified atom stereocenters. The van der Waals surface area contributed by atoms with Gasteiger partial charge in [0.1, 0.15) is 5.75 Å². The van der Waals surface area contributed by atoms with E-state index in [1.807, 2.05) is 48.5 Å². The van der Waals surface area contributed by atoms with E-state index in [4.69, 9.17) is 4.74 Å². The number of carbonyl (C=O) groups is 1. The second-order valence-electron chi connectivity index (χ2n) is 6.89. The van der Waals surface area contributed by atoms with Crippen molar-refractivity contribution >= 4 is 28.4 Å². The fourth-order valence-electron chi connectivity index (χ4n) is 3.38. The Balaban J connectivity index is 1.79. The number of anilines is 2. The molecule has 3 N–H and O–H groups in total. The van der Waals surface area contributed by atoms with Gasteiger partial charge in [-0.15, -0.1) is 0 Å². The van der Waals surface area contributed by atoms with Gasteiger partial charge in [0.25, 0.3) is 5.91 Å². The van der Waals surface area contributed by atoms with Gasteiger partial charge in [-0.25, -0.2) is 9.97 Å². The molecule has 0 radical (unpaired) electrons. The van der Waals surface area contributed by atoms with Gasteiger partial charge in [-0.05, 0) is 30.3 Å². The summed E-state index contributed by atoms with van der Waals surface area (Å²) in [6.45, 7) is -0.167. The molecule has 0 bridgehead atoms. The van der Waals surface area contributed by atoms with Crippen LogP contribution in [0.2, 0.25) is 0 Å². The molecule has 31 heavy (non-hydrogen) atoms. The van der Waals surface area contributed by atoms with Gasteiger partial charge >= 0.3 is 0 Å². The van der Waals surface area contributed by atoms with Gasteiger partial charge in [0, 0.05) is 40.9 Å². The average molecular weight is 414 g/mol. The van der Waals surface area contributed by atoms with Crippen molar-refractivity contribution in [2.45, 2.75) is 6.61 Å². The largest absolute Gasteiger partial charge is 0.496 e. The van der Waals surface area contributed by atoms with E-state index < -0.39 is 0 Å². The van der Waals surface area contributed by atoms with E-state index in [0.717, 1.165) is 10.9 Å². The van der Waals surface area contributed by atoms with Crippen LogP contribution >= 0.6 is 0 Å². The average Bonchev–Trinajstić information content (AvgIpc) is 2.83. The van der Waals surface area contributed by atoms with E-state index in [-0.39, 0.29) is 12.5 Å². The maximum atomic E-state index is 12.5. The minimum absolute atomic E-state index is 0.167. The zero-order valence-corrected chi connectivity index (χ0v) is 17.2. The first kappa shape index (κ1) is 20.3. The lowest BCUT2D eigenvalue weighted by Gasteiger charge is -2.13. The number of carbonyl (C=O) groups excluding carboxylic acids is 1. The molecule has 0 fully saturated rings. The predicted molar refractivity (Wildman–Crippen MR) is 121 cm³/mol. The number of aliphatic hydroxyl groups excluding tert-OH is 1. The number of ether oxygens (including phenoxy) is 1. The van der Waals surface area contributed by atoms with E-state index in [2.05, 4.69) is 20.6 Å². The van der Waals surface area contributed by atoms with Crippen LogP contribution in [0.1, 0.15) is 15.9 Å². The number of fused-ring (bicyclic) bond motifs is 1. The summed E-state index contributed by atoms with van der Waals surface area (Å²) in [6, 6.07) is 20.1. The first-order valence-electron chi connectivity index (χ1n) is 9.77. The molecule has 7 heteroatoms. The number of benzene rings is 3. The molecule has 1 amide bonds. The topological polar surface area (TPSA) is 96.4 Å². The Labute approximate surface area is 179 Å². The van der Waals surface area contributed by atoms with Crippen molar-refractivity contribution in [1.82, 2.24) is 9.97 Å². The Hall–Kier alpha value is -3.97. The van der Waals surface area contributed by atoms with Crippen LogP contribution in [0.15, 0.2) is 66.7 Å². The summed E-state index contributed by atoms with van der Waals surface area (Å²) in [5, 5.41) is 16.4. The standard InChI is InChI=1S/C24H22N4O3/c1-25-24-27-20-13-21(31-2)17(14-29)12-19(20)22(28-24)16-9-6-10-18(11-16)26-23(30)15-7-4-3-5-8-15/h3-13,29H,14H2,1-2H3,(H,26,30)(H,25,27,28). The van der Waals surface area contributed by atoms with Gasteiger partial charge in [0.2, 0.25) is 5.95 Å². The molecule has 3 aromatic carbocycles. The molecule has 7 nitrogen and oxygen atoms in total. The van der Waals surface area contributed by atoms with Crippen molar-refractivity contribution in [3.05, 3.63) is 77.9 Å². The van der Waals surface area contributed by atoms with Crippen molar-refractivity contribution in [1.29, 1.82) is 0 Å². The molecule has 1 aromatic heterocycles. The maximum Gasteiger partial charge on any atom is 0.255 e. The van der Waals surface area contributed by atoms with E-state index in [1.54, 1.807) is 32.4 Å². The van der Waals surface area contributed by atoms with Crippen LogP contribution in [0.3, 0.4) is 0 Å². The fraction of sp³-hybridized carbons (Fsp3) is 0.125. The Bertz CT molecular complexity index is 1240. The minimum atomic E-state index is -0.187. The summed E-state index contributed by atoms with van der Waals surface area (Å²) in [7, 11) is 3.31. The van der Waals surface area contributed by atoms with Crippen molar-refractivity contribution in [3.63, 3.8) is 0 Å². The van der Waals surface area contributed by atoms with Crippen molar-refractivity contribution in [3.8, 4) is 17.0 Å².